The van der Waals surface area contributed by atoms with Gasteiger partial charge in [-0.3, -0.25) is 14.4 Å². The molecule has 9 nitrogen and oxygen atoms in total. The van der Waals surface area contributed by atoms with Crippen molar-refractivity contribution in [1.82, 2.24) is 19.5 Å². The number of carbonyl (C=O) groups is 3. The van der Waals surface area contributed by atoms with E-state index in [1.54, 1.807) is 29.2 Å². The first kappa shape index (κ1) is 25.2. The quantitative estimate of drug-likeness (QED) is 0.533. The van der Waals surface area contributed by atoms with Crippen molar-refractivity contribution < 1.29 is 22.8 Å². The molecule has 5 rings (SSSR count). The number of sulfonamides is 1. The highest BCUT2D eigenvalue weighted by Gasteiger charge is 2.38. The minimum Gasteiger partial charge on any atom is -0.344 e. The highest BCUT2D eigenvalue weighted by Crippen LogP contribution is 2.27. The number of nitrogens with one attached hydrogen (secondary N) is 1. The molecule has 2 unspecified atom stereocenters. The highest BCUT2D eigenvalue weighted by atomic mass is 32.2. The maximum atomic E-state index is 13.5. The van der Waals surface area contributed by atoms with Gasteiger partial charge < -0.3 is 10.2 Å². The molecule has 4 heterocycles. The first-order valence-electron chi connectivity index (χ1n) is 12.0. The minimum atomic E-state index is -3.93. The average molecular weight is 539 g/mol. The van der Waals surface area contributed by atoms with Gasteiger partial charge in [0.15, 0.2) is 10.8 Å². The maximum Gasteiger partial charge on any atom is 0.264 e. The van der Waals surface area contributed by atoms with E-state index in [1.807, 2.05) is 29.6 Å². The molecule has 0 bridgehead atoms. The van der Waals surface area contributed by atoms with Gasteiger partial charge in [-0.2, -0.15) is 4.31 Å². The van der Waals surface area contributed by atoms with E-state index in [1.165, 1.54) is 23.6 Å². The highest BCUT2D eigenvalue weighted by molar-refractivity contribution is 7.89. The number of thiophene rings is 1. The van der Waals surface area contributed by atoms with Crippen LogP contribution in [0.25, 0.3) is 0 Å². The van der Waals surface area contributed by atoms with Crippen molar-refractivity contribution >= 4 is 39.0 Å². The van der Waals surface area contributed by atoms with E-state index >= 15 is 0 Å². The number of amides is 2. The Morgan fingerprint density at radius 1 is 1.00 bits per heavy atom. The summed E-state index contributed by atoms with van der Waals surface area (Å²) in [5, 5.41) is 4.53. The largest absolute Gasteiger partial charge is 0.344 e. The predicted octanol–water partition coefficient (Wildman–Crippen LogP) is 2.25. The number of hydrogen-bond donors (Lipinski definition) is 1. The number of fused-ring (bicyclic) bond motifs is 1. The third-order valence-electron chi connectivity index (χ3n) is 6.72. The zero-order chi connectivity index (χ0) is 26.0. The Hall–Kier alpha value is -3.41. The molecule has 1 saturated heterocycles. The van der Waals surface area contributed by atoms with E-state index in [0.717, 1.165) is 15.4 Å². The SMILES string of the molecule is O=C1CN(S(=O)(=O)c2ccccn2)CCCC1NC(=O)C1Cc2ccccc2CN1C(=O)c1cccs1. The summed E-state index contributed by atoms with van der Waals surface area (Å²) in [6.45, 7) is 0.0890. The fourth-order valence-electron chi connectivity index (χ4n) is 4.77. The summed E-state index contributed by atoms with van der Waals surface area (Å²) in [5.41, 5.74) is 1.97. The Morgan fingerprint density at radius 3 is 2.51 bits per heavy atom. The van der Waals surface area contributed by atoms with Gasteiger partial charge in [-0.05, 0) is 47.5 Å². The van der Waals surface area contributed by atoms with Crippen LogP contribution in [-0.4, -0.2) is 65.4 Å². The summed E-state index contributed by atoms with van der Waals surface area (Å²) in [6.07, 6.45) is 2.43. The van der Waals surface area contributed by atoms with E-state index in [2.05, 4.69) is 10.3 Å². The van der Waals surface area contributed by atoms with Gasteiger partial charge in [-0.25, -0.2) is 13.4 Å². The molecule has 192 valence electrons. The van der Waals surface area contributed by atoms with Gasteiger partial charge in [0.25, 0.3) is 15.9 Å². The number of hydrogen-bond acceptors (Lipinski definition) is 7. The zero-order valence-corrected chi connectivity index (χ0v) is 21.6. The molecule has 1 N–H and O–H groups in total. The van der Waals surface area contributed by atoms with Crippen LogP contribution in [0.5, 0.6) is 0 Å². The number of Topliss-reactive ketones (excluding diaryl/α,β-unsaturated/α-hetero) is 1. The molecule has 2 atom stereocenters. The lowest BCUT2D eigenvalue weighted by molar-refractivity contribution is -0.130. The molecule has 0 radical (unpaired) electrons. The van der Waals surface area contributed by atoms with Crippen molar-refractivity contribution in [2.24, 2.45) is 0 Å². The van der Waals surface area contributed by atoms with Gasteiger partial charge in [0.05, 0.1) is 17.5 Å². The van der Waals surface area contributed by atoms with E-state index in [0.29, 0.717) is 30.7 Å². The third-order valence-corrected chi connectivity index (χ3v) is 9.34. The molecular formula is C26H26N4O5S2. The van der Waals surface area contributed by atoms with Crippen LogP contribution in [0, 0.1) is 0 Å². The zero-order valence-electron chi connectivity index (χ0n) is 19.9. The minimum absolute atomic E-state index is 0.117. The number of benzene rings is 1. The molecule has 1 aromatic carbocycles. The summed E-state index contributed by atoms with van der Waals surface area (Å²) in [5.74, 6) is -1.04. The molecule has 37 heavy (non-hydrogen) atoms. The Balaban J connectivity index is 1.33. The Labute approximate surface area is 219 Å². The van der Waals surface area contributed by atoms with Crippen LogP contribution in [-0.2, 0) is 32.6 Å². The second-order valence-electron chi connectivity index (χ2n) is 9.08. The first-order valence-corrected chi connectivity index (χ1v) is 14.3. The summed E-state index contributed by atoms with van der Waals surface area (Å²) >= 11 is 1.31. The van der Waals surface area contributed by atoms with Crippen molar-refractivity contribution in [3.63, 3.8) is 0 Å². The molecule has 3 aromatic rings. The summed E-state index contributed by atoms with van der Waals surface area (Å²) in [7, 11) is -3.93. The molecule has 2 amide bonds. The van der Waals surface area contributed by atoms with E-state index in [9.17, 15) is 22.8 Å². The maximum absolute atomic E-state index is 13.5. The van der Waals surface area contributed by atoms with Gasteiger partial charge in [0.2, 0.25) is 5.91 Å². The monoisotopic (exact) mass is 538 g/mol. The number of carbonyl (C=O) groups excluding carboxylic acids is 3. The normalized spacial score (nSPS) is 20.6. The van der Waals surface area contributed by atoms with Gasteiger partial charge in [-0.15, -0.1) is 11.3 Å². The van der Waals surface area contributed by atoms with Gasteiger partial charge in [0.1, 0.15) is 6.04 Å². The number of nitrogens with zero attached hydrogens (tertiary/aromatic N) is 3. The number of ketones is 1. The van der Waals surface area contributed by atoms with Crippen LogP contribution in [0.4, 0.5) is 0 Å². The molecule has 2 aliphatic rings. The lowest BCUT2D eigenvalue weighted by atomic mass is 9.93. The fourth-order valence-corrected chi connectivity index (χ4v) is 6.82. The lowest BCUT2D eigenvalue weighted by Gasteiger charge is -2.36. The van der Waals surface area contributed by atoms with E-state index in [-0.39, 0.29) is 24.0 Å². The molecule has 0 aliphatic carbocycles. The Kier molecular flexibility index (Phi) is 7.18. The molecule has 11 heteroatoms. The first-order chi connectivity index (χ1) is 17.8. The van der Waals surface area contributed by atoms with Crippen molar-refractivity contribution in [3.8, 4) is 0 Å². The number of pyridine rings is 1. The number of aromatic nitrogens is 1. The fraction of sp³-hybridized carbons (Fsp3) is 0.308. The summed E-state index contributed by atoms with van der Waals surface area (Å²) in [4.78, 5) is 45.9. The van der Waals surface area contributed by atoms with Gasteiger partial charge >= 0.3 is 0 Å². The van der Waals surface area contributed by atoms with E-state index < -0.39 is 33.8 Å². The van der Waals surface area contributed by atoms with Crippen LogP contribution in [0.1, 0.15) is 33.6 Å². The van der Waals surface area contributed by atoms with Crippen LogP contribution < -0.4 is 5.32 Å². The summed E-state index contributed by atoms with van der Waals surface area (Å²) < 4.78 is 27.1. The van der Waals surface area contributed by atoms with Crippen LogP contribution in [0.3, 0.4) is 0 Å². The van der Waals surface area contributed by atoms with Crippen molar-refractivity contribution in [1.29, 1.82) is 0 Å². The van der Waals surface area contributed by atoms with Crippen LogP contribution in [0.15, 0.2) is 71.2 Å². The predicted molar refractivity (Wildman–Crippen MR) is 137 cm³/mol. The molecule has 2 aliphatic heterocycles. The molecule has 0 spiro atoms. The second-order valence-corrected chi connectivity index (χ2v) is 11.9. The molecule has 0 saturated carbocycles. The van der Waals surface area contributed by atoms with Gasteiger partial charge in [-0.1, -0.05) is 36.4 Å². The lowest BCUT2D eigenvalue weighted by Crippen LogP contribution is -2.55. The second kappa shape index (κ2) is 10.5. The Bertz CT molecular complexity index is 1410. The number of rotatable bonds is 5. The molecule has 1 fully saturated rings. The van der Waals surface area contributed by atoms with Crippen LogP contribution in [0.2, 0.25) is 0 Å². The smallest absolute Gasteiger partial charge is 0.264 e. The van der Waals surface area contributed by atoms with Gasteiger partial charge in [0, 0.05) is 25.7 Å². The third kappa shape index (κ3) is 5.20. The molecular weight excluding hydrogens is 512 g/mol. The molecule has 2 aromatic heterocycles. The van der Waals surface area contributed by atoms with Crippen molar-refractivity contribution in [3.05, 3.63) is 82.2 Å². The van der Waals surface area contributed by atoms with Crippen molar-refractivity contribution in [2.75, 3.05) is 13.1 Å². The Morgan fingerprint density at radius 2 is 1.78 bits per heavy atom. The average Bonchev–Trinajstić information content (AvgIpc) is 3.39. The summed E-state index contributed by atoms with van der Waals surface area (Å²) in [6, 6.07) is 14.2. The standard InChI is InChI=1S/C26H26N4O5S2/c31-22-17-29(37(34,35)24-11-3-4-12-27-24)13-5-9-20(22)28-25(32)21-15-18-7-1-2-8-19(18)16-30(21)26(33)23-10-6-14-36-23/h1-4,6-8,10-12,14,20-21H,5,9,13,15-17H2,(H,28,32). The van der Waals surface area contributed by atoms with E-state index in [4.69, 9.17) is 0 Å². The van der Waals surface area contributed by atoms with Crippen LogP contribution >= 0.6 is 11.3 Å². The van der Waals surface area contributed by atoms with Crippen molar-refractivity contribution in [2.45, 2.75) is 42.9 Å². The topological polar surface area (TPSA) is 117 Å².